The first-order valence-corrected chi connectivity index (χ1v) is 5.21. The Kier molecular flexibility index (Phi) is 3.22. The van der Waals surface area contributed by atoms with E-state index in [1.54, 1.807) is 6.26 Å². The van der Waals surface area contributed by atoms with Crippen LogP contribution in [0.3, 0.4) is 0 Å². The average Bonchev–Trinajstić information content (AvgIpc) is 2.68. The predicted octanol–water partition coefficient (Wildman–Crippen LogP) is 1.05. The van der Waals surface area contributed by atoms with Crippen LogP contribution in [0.2, 0.25) is 0 Å². The lowest BCUT2D eigenvalue weighted by Crippen LogP contribution is -2.29. The summed E-state index contributed by atoms with van der Waals surface area (Å²) in [5.74, 6) is -0.336. The first-order valence-electron chi connectivity index (χ1n) is 5.21. The summed E-state index contributed by atoms with van der Waals surface area (Å²) in [4.78, 5) is 10.5. The van der Waals surface area contributed by atoms with Gasteiger partial charge in [-0.25, -0.2) is 0 Å². The third-order valence-corrected chi connectivity index (χ3v) is 2.43. The van der Waals surface area contributed by atoms with Gasteiger partial charge in [0.2, 0.25) is 5.91 Å². The summed E-state index contributed by atoms with van der Waals surface area (Å²) in [7, 11) is 0. The van der Waals surface area contributed by atoms with Crippen molar-refractivity contribution in [3.63, 3.8) is 0 Å². The molecule has 84 valence electrons. The number of para-hydroxylation sites is 1. The molecule has 4 heteroatoms. The summed E-state index contributed by atoms with van der Waals surface area (Å²) in [5.41, 5.74) is 7.06. The number of primary amides is 1. The second-order valence-corrected chi connectivity index (χ2v) is 3.65. The normalized spacial score (nSPS) is 10.8. The monoisotopic (exact) mass is 218 g/mol. The number of nitrogens with two attached hydrogens (primary N) is 1. The van der Waals surface area contributed by atoms with Crippen molar-refractivity contribution in [2.24, 2.45) is 5.73 Å². The molecule has 1 aromatic carbocycles. The number of amides is 1. The van der Waals surface area contributed by atoms with Gasteiger partial charge in [-0.05, 0) is 24.6 Å². The molecule has 0 aliphatic rings. The molecule has 4 nitrogen and oxygen atoms in total. The number of nitrogens with one attached hydrogen (secondary N) is 1. The highest BCUT2D eigenvalue weighted by Gasteiger charge is 2.04. The Morgan fingerprint density at radius 1 is 1.38 bits per heavy atom. The molecule has 0 saturated carbocycles. The molecule has 0 aliphatic heterocycles. The predicted molar refractivity (Wildman–Crippen MR) is 62.0 cm³/mol. The van der Waals surface area contributed by atoms with E-state index in [1.165, 1.54) is 0 Å². The molecule has 0 unspecified atom stereocenters. The van der Waals surface area contributed by atoms with Crippen LogP contribution >= 0.6 is 0 Å². The first kappa shape index (κ1) is 10.7. The molecular weight excluding hydrogens is 204 g/mol. The van der Waals surface area contributed by atoms with Crippen LogP contribution in [0.15, 0.2) is 34.9 Å². The fraction of sp³-hybridized carbons (Fsp3) is 0.250. The van der Waals surface area contributed by atoms with Crippen LogP contribution in [-0.4, -0.2) is 19.0 Å². The Morgan fingerprint density at radius 2 is 2.19 bits per heavy atom. The van der Waals surface area contributed by atoms with Gasteiger partial charge in [0, 0.05) is 5.39 Å². The molecule has 1 aromatic heterocycles. The molecule has 16 heavy (non-hydrogen) atoms. The molecule has 0 radical (unpaired) electrons. The van der Waals surface area contributed by atoms with Gasteiger partial charge >= 0.3 is 0 Å². The minimum atomic E-state index is -0.336. The molecule has 1 amide bonds. The van der Waals surface area contributed by atoms with Crippen molar-refractivity contribution in [2.75, 3.05) is 13.1 Å². The standard InChI is InChI=1S/C12H14N2O2/c13-12(15)7-14-6-5-9-8-16-11-4-2-1-3-10(9)11/h1-4,8,14H,5-7H2,(H2,13,15). The van der Waals surface area contributed by atoms with Gasteiger partial charge in [0.05, 0.1) is 12.8 Å². The Labute approximate surface area is 93.4 Å². The van der Waals surface area contributed by atoms with Gasteiger partial charge < -0.3 is 15.5 Å². The zero-order chi connectivity index (χ0) is 11.4. The number of hydrogen-bond donors (Lipinski definition) is 2. The summed E-state index contributed by atoms with van der Waals surface area (Å²) in [6.07, 6.45) is 2.58. The largest absolute Gasteiger partial charge is 0.464 e. The van der Waals surface area contributed by atoms with Gasteiger partial charge in [0.15, 0.2) is 0 Å². The second kappa shape index (κ2) is 4.81. The number of furan rings is 1. The van der Waals surface area contributed by atoms with Crippen molar-refractivity contribution in [3.05, 3.63) is 36.1 Å². The van der Waals surface area contributed by atoms with Crippen LogP contribution in [0.4, 0.5) is 0 Å². The van der Waals surface area contributed by atoms with E-state index in [9.17, 15) is 4.79 Å². The number of hydrogen-bond acceptors (Lipinski definition) is 3. The quantitative estimate of drug-likeness (QED) is 0.737. The third-order valence-electron chi connectivity index (χ3n) is 2.43. The van der Waals surface area contributed by atoms with E-state index < -0.39 is 0 Å². The maximum atomic E-state index is 10.5. The van der Waals surface area contributed by atoms with Crippen molar-refractivity contribution in [1.29, 1.82) is 0 Å². The summed E-state index contributed by atoms with van der Waals surface area (Å²) in [6, 6.07) is 7.90. The smallest absolute Gasteiger partial charge is 0.231 e. The fourth-order valence-electron chi connectivity index (χ4n) is 1.66. The lowest BCUT2D eigenvalue weighted by molar-refractivity contribution is -0.117. The molecule has 2 rings (SSSR count). The molecule has 0 atom stereocenters. The Balaban J connectivity index is 1.97. The zero-order valence-electron chi connectivity index (χ0n) is 8.90. The van der Waals surface area contributed by atoms with E-state index >= 15 is 0 Å². The van der Waals surface area contributed by atoms with Gasteiger partial charge in [-0.3, -0.25) is 4.79 Å². The molecule has 2 aromatic rings. The average molecular weight is 218 g/mol. The molecule has 3 N–H and O–H groups in total. The van der Waals surface area contributed by atoms with Crippen molar-refractivity contribution in [3.8, 4) is 0 Å². The van der Waals surface area contributed by atoms with Crippen molar-refractivity contribution >= 4 is 16.9 Å². The summed E-state index contributed by atoms with van der Waals surface area (Å²) >= 11 is 0. The minimum Gasteiger partial charge on any atom is -0.464 e. The molecule has 0 aliphatic carbocycles. The van der Waals surface area contributed by atoms with Crippen molar-refractivity contribution < 1.29 is 9.21 Å². The number of carbonyl (C=O) groups is 1. The van der Waals surface area contributed by atoms with Crippen LogP contribution in [0, 0.1) is 0 Å². The van der Waals surface area contributed by atoms with Crippen LogP contribution in [0.1, 0.15) is 5.56 Å². The maximum absolute atomic E-state index is 10.5. The van der Waals surface area contributed by atoms with Gasteiger partial charge in [-0.1, -0.05) is 18.2 Å². The van der Waals surface area contributed by atoms with Gasteiger partial charge in [0.1, 0.15) is 5.58 Å². The van der Waals surface area contributed by atoms with Crippen LogP contribution < -0.4 is 11.1 Å². The van der Waals surface area contributed by atoms with Gasteiger partial charge in [0.25, 0.3) is 0 Å². The first-order chi connectivity index (χ1) is 7.77. The Bertz CT molecular complexity index is 490. The van der Waals surface area contributed by atoms with Crippen LogP contribution in [-0.2, 0) is 11.2 Å². The number of rotatable bonds is 5. The highest BCUT2D eigenvalue weighted by atomic mass is 16.3. The number of benzene rings is 1. The van der Waals surface area contributed by atoms with Gasteiger partial charge in [-0.15, -0.1) is 0 Å². The lowest BCUT2D eigenvalue weighted by atomic mass is 10.1. The maximum Gasteiger partial charge on any atom is 0.231 e. The minimum absolute atomic E-state index is 0.218. The van der Waals surface area contributed by atoms with E-state index in [4.69, 9.17) is 10.2 Å². The molecular formula is C12H14N2O2. The SMILES string of the molecule is NC(=O)CNCCc1coc2ccccc12. The van der Waals surface area contributed by atoms with Gasteiger partial charge in [-0.2, -0.15) is 0 Å². The Hall–Kier alpha value is -1.81. The van der Waals surface area contributed by atoms with E-state index in [0.29, 0.717) is 6.54 Å². The van der Waals surface area contributed by atoms with Crippen LogP contribution in [0.25, 0.3) is 11.0 Å². The summed E-state index contributed by atoms with van der Waals surface area (Å²) in [5, 5.41) is 4.10. The van der Waals surface area contributed by atoms with E-state index in [2.05, 4.69) is 5.32 Å². The molecule has 0 saturated heterocycles. The molecule has 0 bridgehead atoms. The number of carbonyl (C=O) groups excluding carboxylic acids is 1. The molecule has 1 heterocycles. The second-order valence-electron chi connectivity index (χ2n) is 3.65. The highest BCUT2D eigenvalue weighted by Crippen LogP contribution is 2.20. The topological polar surface area (TPSA) is 68.3 Å². The highest BCUT2D eigenvalue weighted by molar-refractivity contribution is 5.80. The Morgan fingerprint density at radius 3 is 3.00 bits per heavy atom. The van der Waals surface area contributed by atoms with E-state index in [-0.39, 0.29) is 12.5 Å². The van der Waals surface area contributed by atoms with E-state index in [1.807, 2.05) is 24.3 Å². The van der Waals surface area contributed by atoms with Crippen molar-refractivity contribution in [2.45, 2.75) is 6.42 Å². The summed E-state index contributed by atoms with van der Waals surface area (Å²) < 4.78 is 5.41. The van der Waals surface area contributed by atoms with Crippen molar-refractivity contribution in [1.82, 2.24) is 5.32 Å². The fourth-order valence-corrected chi connectivity index (χ4v) is 1.66. The third kappa shape index (κ3) is 2.41. The van der Waals surface area contributed by atoms with E-state index in [0.717, 1.165) is 23.0 Å². The number of fused-ring (bicyclic) bond motifs is 1. The molecule has 0 fully saturated rings. The molecule has 0 spiro atoms. The lowest BCUT2D eigenvalue weighted by Gasteiger charge is -2.00. The zero-order valence-corrected chi connectivity index (χ0v) is 8.90. The summed E-state index contributed by atoms with van der Waals surface area (Å²) in [6.45, 7) is 0.933. The van der Waals surface area contributed by atoms with Crippen LogP contribution in [0.5, 0.6) is 0 Å².